The minimum atomic E-state index is -0.420. The molecular weight excluding hydrogens is 424 g/mol. The molecule has 0 bridgehead atoms. The predicted octanol–water partition coefficient (Wildman–Crippen LogP) is 4.02. The molecule has 168 valence electrons. The van der Waals surface area contributed by atoms with Crippen molar-refractivity contribution in [3.63, 3.8) is 0 Å². The minimum absolute atomic E-state index is 0.120. The molecule has 7 heteroatoms. The van der Waals surface area contributed by atoms with Gasteiger partial charge in [0.25, 0.3) is 5.56 Å². The van der Waals surface area contributed by atoms with Crippen molar-refractivity contribution >= 4 is 16.6 Å². The third-order valence-corrected chi connectivity index (χ3v) is 6.63. The van der Waals surface area contributed by atoms with Gasteiger partial charge in [-0.2, -0.15) is 0 Å². The summed E-state index contributed by atoms with van der Waals surface area (Å²) in [5, 5.41) is 13.8. The van der Waals surface area contributed by atoms with E-state index in [2.05, 4.69) is 55.7 Å². The van der Waals surface area contributed by atoms with Gasteiger partial charge in [-0.25, -0.2) is 4.68 Å². The Bertz CT molecular complexity index is 1540. The lowest BCUT2D eigenvalue weighted by Crippen LogP contribution is -2.34. The highest BCUT2D eigenvalue weighted by Crippen LogP contribution is 2.37. The van der Waals surface area contributed by atoms with Gasteiger partial charge in [-0.1, -0.05) is 66.7 Å². The van der Waals surface area contributed by atoms with Gasteiger partial charge in [0.05, 0.1) is 12.1 Å². The van der Waals surface area contributed by atoms with Crippen molar-refractivity contribution in [2.45, 2.75) is 25.9 Å². The highest BCUT2D eigenvalue weighted by Gasteiger charge is 2.34. The molecule has 34 heavy (non-hydrogen) atoms. The van der Waals surface area contributed by atoms with Crippen LogP contribution in [-0.2, 0) is 13.0 Å². The van der Waals surface area contributed by atoms with Crippen molar-refractivity contribution in [3.05, 3.63) is 117 Å². The quantitative estimate of drug-likeness (QED) is 0.439. The van der Waals surface area contributed by atoms with E-state index in [-0.39, 0.29) is 5.56 Å². The van der Waals surface area contributed by atoms with E-state index < -0.39 is 6.04 Å². The second kappa shape index (κ2) is 8.26. The van der Waals surface area contributed by atoms with Crippen molar-refractivity contribution in [1.82, 2.24) is 25.2 Å². The van der Waals surface area contributed by atoms with Gasteiger partial charge in [0.1, 0.15) is 6.04 Å². The molecule has 1 atom stereocenters. The Morgan fingerprint density at radius 3 is 2.71 bits per heavy atom. The molecule has 1 N–H and O–H groups in total. The number of aromatic amines is 1. The fourth-order valence-corrected chi connectivity index (χ4v) is 4.96. The van der Waals surface area contributed by atoms with Crippen LogP contribution < -0.4 is 10.5 Å². The smallest absolute Gasteiger partial charge is 0.254 e. The lowest BCUT2D eigenvalue weighted by molar-refractivity contribution is 0.577. The summed E-state index contributed by atoms with van der Waals surface area (Å²) in [7, 11) is 0. The lowest BCUT2D eigenvalue weighted by Gasteiger charge is -2.29. The van der Waals surface area contributed by atoms with Crippen LogP contribution in [0, 0.1) is 6.92 Å². The third kappa shape index (κ3) is 3.46. The molecule has 0 amide bonds. The number of anilines is 1. The first kappa shape index (κ1) is 20.4. The minimum Gasteiger partial charge on any atom is -0.357 e. The van der Waals surface area contributed by atoms with E-state index in [0.29, 0.717) is 17.9 Å². The molecule has 5 aromatic rings. The molecule has 3 aromatic carbocycles. The molecule has 0 saturated heterocycles. The van der Waals surface area contributed by atoms with Gasteiger partial charge in [0.15, 0.2) is 5.82 Å². The van der Waals surface area contributed by atoms with E-state index in [4.69, 9.17) is 0 Å². The highest BCUT2D eigenvalue weighted by atomic mass is 16.1. The van der Waals surface area contributed by atoms with Gasteiger partial charge < -0.3 is 9.88 Å². The van der Waals surface area contributed by atoms with Crippen LogP contribution in [0.3, 0.4) is 0 Å². The fourth-order valence-electron chi connectivity index (χ4n) is 4.96. The molecule has 0 radical (unpaired) electrons. The zero-order valence-corrected chi connectivity index (χ0v) is 18.8. The van der Waals surface area contributed by atoms with Gasteiger partial charge in [0, 0.05) is 17.8 Å². The first-order valence-corrected chi connectivity index (χ1v) is 11.5. The zero-order valence-electron chi connectivity index (χ0n) is 18.8. The van der Waals surface area contributed by atoms with E-state index in [0.717, 1.165) is 40.7 Å². The van der Waals surface area contributed by atoms with Gasteiger partial charge in [-0.15, -0.1) is 5.10 Å². The number of fused-ring (bicyclic) bond motifs is 2. The summed E-state index contributed by atoms with van der Waals surface area (Å²) in [6.45, 7) is 3.32. The van der Waals surface area contributed by atoms with Crippen molar-refractivity contribution in [1.29, 1.82) is 0 Å². The number of H-pyrrole nitrogens is 1. The summed E-state index contributed by atoms with van der Waals surface area (Å²) < 4.78 is 1.81. The Morgan fingerprint density at radius 1 is 1.00 bits per heavy atom. The summed E-state index contributed by atoms with van der Waals surface area (Å²) >= 11 is 0. The second-order valence-electron chi connectivity index (χ2n) is 8.75. The number of benzene rings is 3. The van der Waals surface area contributed by atoms with Crippen LogP contribution in [0.1, 0.15) is 34.1 Å². The number of hydrogen-bond donors (Lipinski definition) is 1. The maximum atomic E-state index is 13.5. The van der Waals surface area contributed by atoms with E-state index in [1.165, 1.54) is 5.56 Å². The molecule has 7 nitrogen and oxygen atoms in total. The highest BCUT2D eigenvalue weighted by molar-refractivity contribution is 5.82. The van der Waals surface area contributed by atoms with Crippen LogP contribution in [0.15, 0.2) is 83.7 Å². The number of rotatable bonds is 5. The van der Waals surface area contributed by atoms with E-state index in [9.17, 15) is 4.79 Å². The number of tetrazole rings is 1. The number of nitrogens with zero attached hydrogens (tertiary/aromatic N) is 5. The standard InChI is InChI=1S/C27H24N6O/c1-18-8-7-12-21-16-22(27(34)28-24(18)21)25(32-15-14-20-11-5-6-13-23(20)32)26-29-30-31-33(26)17-19-9-3-2-4-10-19/h2-13,16,25H,14-15,17H2,1H3,(H,28,34)/t25-/m1/s1. The van der Waals surface area contributed by atoms with Gasteiger partial charge >= 0.3 is 0 Å². The third-order valence-electron chi connectivity index (χ3n) is 6.63. The molecule has 6 rings (SSSR count). The summed E-state index contributed by atoms with van der Waals surface area (Å²) in [4.78, 5) is 18.9. The van der Waals surface area contributed by atoms with E-state index in [1.807, 2.05) is 55.5 Å². The fraction of sp³-hybridized carbons (Fsp3) is 0.185. The molecule has 0 spiro atoms. The Morgan fingerprint density at radius 2 is 1.82 bits per heavy atom. The van der Waals surface area contributed by atoms with Crippen LogP contribution >= 0.6 is 0 Å². The molecule has 1 aliphatic rings. The summed E-state index contributed by atoms with van der Waals surface area (Å²) in [6.07, 6.45) is 0.914. The maximum absolute atomic E-state index is 13.5. The molecule has 1 aliphatic heterocycles. The molecule has 0 unspecified atom stereocenters. The molecule has 0 aliphatic carbocycles. The van der Waals surface area contributed by atoms with Gasteiger partial charge in [-0.05, 0) is 58.0 Å². The first-order chi connectivity index (χ1) is 16.7. The molecule has 0 fully saturated rings. The molecule has 0 saturated carbocycles. The Kier molecular flexibility index (Phi) is 4.95. The van der Waals surface area contributed by atoms with Gasteiger partial charge in [0.2, 0.25) is 0 Å². The summed E-state index contributed by atoms with van der Waals surface area (Å²) in [6, 6.07) is 26.1. The Labute approximate surface area is 196 Å². The topological polar surface area (TPSA) is 79.7 Å². The summed E-state index contributed by atoms with van der Waals surface area (Å²) in [5.74, 6) is 0.651. The average molecular weight is 449 g/mol. The molecular formula is C27H24N6O. The van der Waals surface area contributed by atoms with E-state index in [1.54, 1.807) is 4.68 Å². The Hall–Kier alpha value is -4.26. The molecule has 3 heterocycles. The van der Waals surface area contributed by atoms with Crippen LogP contribution in [0.25, 0.3) is 10.9 Å². The number of para-hydroxylation sites is 2. The van der Waals surface area contributed by atoms with E-state index >= 15 is 0 Å². The SMILES string of the molecule is Cc1cccc2cc([C@H](c3nnnn3Cc3ccccc3)N3CCc4ccccc43)c(=O)[nH]c12. The number of aromatic nitrogens is 5. The second-order valence-corrected chi connectivity index (χ2v) is 8.75. The zero-order chi connectivity index (χ0) is 23.1. The molecule has 2 aromatic heterocycles. The largest absolute Gasteiger partial charge is 0.357 e. The average Bonchev–Trinajstić information content (AvgIpc) is 3.49. The van der Waals surface area contributed by atoms with Crippen molar-refractivity contribution in [3.8, 4) is 0 Å². The predicted molar refractivity (Wildman–Crippen MR) is 132 cm³/mol. The number of nitrogens with one attached hydrogen (secondary N) is 1. The van der Waals surface area contributed by atoms with Crippen molar-refractivity contribution in [2.24, 2.45) is 0 Å². The number of aryl methyl sites for hydroxylation is 1. The van der Waals surface area contributed by atoms with Crippen LogP contribution in [0.2, 0.25) is 0 Å². The summed E-state index contributed by atoms with van der Waals surface area (Å²) in [5.41, 5.74) is 5.90. The Balaban J connectivity index is 1.54. The first-order valence-electron chi connectivity index (χ1n) is 11.5. The lowest BCUT2D eigenvalue weighted by atomic mass is 10.0. The van der Waals surface area contributed by atoms with Crippen LogP contribution in [0.5, 0.6) is 0 Å². The van der Waals surface area contributed by atoms with Crippen LogP contribution in [0.4, 0.5) is 5.69 Å². The van der Waals surface area contributed by atoms with Crippen LogP contribution in [-0.4, -0.2) is 31.7 Å². The van der Waals surface area contributed by atoms with Gasteiger partial charge in [-0.3, -0.25) is 4.79 Å². The monoisotopic (exact) mass is 448 g/mol. The number of pyridine rings is 1. The normalized spacial score (nSPS) is 13.9. The maximum Gasteiger partial charge on any atom is 0.254 e. The number of hydrogen-bond acceptors (Lipinski definition) is 5. The van der Waals surface area contributed by atoms with Crippen molar-refractivity contribution < 1.29 is 0 Å². The van der Waals surface area contributed by atoms with Crippen molar-refractivity contribution in [2.75, 3.05) is 11.4 Å².